The molecule has 0 aliphatic carbocycles. The number of anilines is 1. The number of hydrogen-bond donors (Lipinski definition) is 2. The zero-order valence-corrected chi connectivity index (χ0v) is 9.50. The van der Waals surface area contributed by atoms with Crippen LogP contribution in [-0.4, -0.2) is 47.2 Å². The van der Waals surface area contributed by atoms with Gasteiger partial charge in [-0.1, -0.05) is 0 Å². The molecule has 1 aliphatic rings. The fourth-order valence-corrected chi connectivity index (χ4v) is 1.81. The van der Waals surface area contributed by atoms with E-state index < -0.39 is 10.9 Å². The predicted molar refractivity (Wildman–Crippen MR) is 62.9 cm³/mol. The van der Waals surface area contributed by atoms with E-state index in [1.807, 2.05) is 0 Å². The first-order valence-electron chi connectivity index (χ1n) is 5.44. The molecule has 1 aromatic rings. The van der Waals surface area contributed by atoms with E-state index in [-0.39, 0.29) is 17.2 Å². The molecule has 0 radical (unpaired) electrons. The highest BCUT2D eigenvalue weighted by molar-refractivity contribution is 5.86. The third kappa shape index (κ3) is 2.38. The van der Waals surface area contributed by atoms with Crippen molar-refractivity contribution in [1.29, 1.82) is 0 Å². The van der Waals surface area contributed by atoms with Gasteiger partial charge in [0, 0.05) is 32.2 Å². The number of carbonyl (C=O) groups is 1. The second-order valence-corrected chi connectivity index (χ2v) is 3.84. The topological polar surface area (TPSA) is 109 Å². The molecule has 8 heteroatoms. The van der Waals surface area contributed by atoms with Crippen molar-refractivity contribution in [1.82, 2.24) is 10.3 Å². The van der Waals surface area contributed by atoms with E-state index in [1.165, 1.54) is 6.07 Å². The van der Waals surface area contributed by atoms with Gasteiger partial charge in [-0.25, -0.2) is 9.78 Å². The highest BCUT2D eigenvalue weighted by Gasteiger charge is 2.24. The fraction of sp³-hybridized carbons (Fsp3) is 0.400. The highest BCUT2D eigenvalue weighted by Crippen LogP contribution is 2.26. The van der Waals surface area contributed by atoms with Crippen molar-refractivity contribution in [3.63, 3.8) is 0 Å². The van der Waals surface area contributed by atoms with Crippen LogP contribution < -0.4 is 10.2 Å². The number of hydrogen-bond acceptors (Lipinski definition) is 6. The van der Waals surface area contributed by atoms with Crippen LogP contribution >= 0.6 is 0 Å². The van der Waals surface area contributed by atoms with E-state index in [2.05, 4.69) is 10.3 Å². The molecule has 2 rings (SSSR count). The number of nitrogens with zero attached hydrogens (tertiary/aromatic N) is 3. The molecular weight excluding hydrogens is 240 g/mol. The van der Waals surface area contributed by atoms with Crippen LogP contribution in [0.4, 0.5) is 11.5 Å². The summed E-state index contributed by atoms with van der Waals surface area (Å²) >= 11 is 0. The number of nitrogens with one attached hydrogen (secondary N) is 1. The lowest BCUT2D eigenvalue weighted by Crippen LogP contribution is -2.44. The van der Waals surface area contributed by atoms with E-state index >= 15 is 0 Å². The zero-order chi connectivity index (χ0) is 13.1. The molecule has 0 bridgehead atoms. The van der Waals surface area contributed by atoms with Gasteiger partial charge in [-0.3, -0.25) is 10.1 Å². The van der Waals surface area contributed by atoms with Gasteiger partial charge in [0.2, 0.25) is 5.82 Å². The first-order chi connectivity index (χ1) is 8.59. The number of aromatic nitrogens is 1. The monoisotopic (exact) mass is 252 g/mol. The summed E-state index contributed by atoms with van der Waals surface area (Å²) < 4.78 is 0. The number of carboxylic acids is 1. The number of pyridine rings is 1. The molecule has 0 saturated carbocycles. The molecule has 18 heavy (non-hydrogen) atoms. The summed E-state index contributed by atoms with van der Waals surface area (Å²) in [6.07, 6.45) is 0. The summed E-state index contributed by atoms with van der Waals surface area (Å²) in [4.78, 5) is 26.8. The third-order valence-corrected chi connectivity index (χ3v) is 2.69. The Labute approximate surface area is 102 Å². The van der Waals surface area contributed by atoms with Crippen LogP contribution in [0.3, 0.4) is 0 Å². The van der Waals surface area contributed by atoms with Crippen molar-refractivity contribution in [3.8, 4) is 0 Å². The lowest BCUT2D eigenvalue weighted by atomic mass is 10.2. The maximum absolute atomic E-state index is 10.9. The molecule has 8 nitrogen and oxygen atoms in total. The Hall–Kier alpha value is -2.22. The molecule has 0 atom stereocenters. The number of aromatic carboxylic acids is 1. The second kappa shape index (κ2) is 4.96. The Morgan fingerprint density at radius 3 is 2.67 bits per heavy atom. The smallest absolute Gasteiger partial charge is 0.354 e. The number of piperazine rings is 1. The average Bonchev–Trinajstić information content (AvgIpc) is 2.39. The molecule has 2 N–H and O–H groups in total. The lowest BCUT2D eigenvalue weighted by Gasteiger charge is -2.28. The van der Waals surface area contributed by atoms with Gasteiger partial charge in [0.1, 0.15) is 0 Å². The average molecular weight is 252 g/mol. The molecule has 0 amide bonds. The summed E-state index contributed by atoms with van der Waals surface area (Å²) in [6, 6.07) is 2.33. The van der Waals surface area contributed by atoms with Gasteiger partial charge in [0.05, 0.1) is 4.92 Å². The van der Waals surface area contributed by atoms with E-state index in [0.29, 0.717) is 26.2 Å². The van der Waals surface area contributed by atoms with Crippen LogP contribution in [0.5, 0.6) is 0 Å². The molecule has 0 unspecified atom stereocenters. The van der Waals surface area contributed by atoms with E-state index in [9.17, 15) is 14.9 Å². The first kappa shape index (κ1) is 12.2. The molecule has 0 spiro atoms. The van der Waals surface area contributed by atoms with Gasteiger partial charge in [0.25, 0.3) is 0 Å². The Morgan fingerprint density at radius 1 is 1.44 bits per heavy atom. The van der Waals surface area contributed by atoms with Gasteiger partial charge in [0.15, 0.2) is 5.69 Å². The van der Waals surface area contributed by atoms with Crippen LogP contribution in [0.25, 0.3) is 0 Å². The van der Waals surface area contributed by atoms with Gasteiger partial charge in [-0.2, -0.15) is 0 Å². The number of rotatable bonds is 3. The quantitative estimate of drug-likeness (QED) is 0.580. The van der Waals surface area contributed by atoms with Crippen LogP contribution in [0.1, 0.15) is 10.5 Å². The second-order valence-electron chi connectivity index (χ2n) is 3.84. The van der Waals surface area contributed by atoms with Gasteiger partial charge in [-0.05, 0) is 6.07 Å². The summed E-state index contributed by atoms with van der Waals surface area (Å²) in [7, 11) is 0. The van der Waals surface area contributed by atoms with Crippen molar-refractivity contribution in [2.24, 2.45) is 0 Å². The summed E-state index contributed by atoms with van der Waals surface area (Å²) in [6.45, 7) is 2.51. The van der Waals surface area contributed by atoms with Crippen LogP contribution in [0, 0.1) is 10.1 Å². The molecule has 1 aromatic heterocycles. The van der Waals surface area contributed by atoms with E-state index in [4.69, 9.17) is 5.11 Å². The van der Waals surface area contributed by atoms with Crippen LogP contribution in [0.2, 0.25) is 0 Å². The summed E-state index contributed by atoms with van der Waals surface area (Å²) in [5.41, 5.74) is -0.351. The van der Waals surface area contributed by atoms with Gasteiger partial charge < -0.3 is 15.3 Å². The minimum atomic E-state index is -1.19. The molecule has 1 aliphatic heterocycles. The standard InChI is InChI=1S/C10H12N4O4/c15-10(16)7-1-2-8(14(17)18)9(12-7)13-5-3-11-4-6-13/h1-2,11H,3-6H2,(H,15,16). The Kier molecular flexibility index (Phi) is 3.38. The minimum Gasteiger partial charge on any atom is -0.477 e. The molecule has 2 heterocycles. The first-order valence-corrected chi connectivity index (χ1v) is 5.44. The van der Waals surface area contributed by atoms with Crippen molar-refractivity contribution in [2.75, 3.05) is 31.1 Å². The van der Waals surface area contributed by atoms with Gasteiger partial charge in [-0.15, -0.1) is 0 Å². The Morgan fingerprint density at radius 2 is 2.11 bits per heavy atom. The summed E-state index contributed by atoms with van der Waals surface area (Å²) in [5.74, 6) is -1.07. The predicted octanol–water partition coefficient (Wildman–Crippen LogP) is 0.0976. The minimum absolute atomic E-state index is 0.126. The number of nitro groups is 1. The molecule has 96 valence electrons. The maximum atomic E-state index is 10.9. The highest BCUT2D eigenvalue weighted by atomic mass is 16.6. The van der Waals surface area contributed by atoms with Crippen molar-refractivity contribution in [2.45, 2.75) is 0 Å². The van der Waals surface area contributed by atoms with Gasteiger partial charge >= 0.3 is 11.7 Å². The SMILES string of the molecule is O=C(O)c1ccc([N+](=O)[O-])c(N2CCNCC2)n1. The van der Waals surface area contributed by atoms with Crippen LogP contribution in [0.15, 0.2) is 12.1 Å². The molecule has 1 fully saturated rings. The van der Waals surface area contributed by atoms with Crippen molar-refractivity contribution < 1.29 is 14.8 Å². The molecular formula is C10H12N4O4. The summed E-state index contributed by atoms with van der Waals surface area (Å²) in [5, 5.41) is 22.9. The third-order valence-electron chi connectivity index (χ3n) is 2.69. The maximum Gasteiger partial charge on any atom is 0.354 e. The molecule has 1 saturated heterocycles. The fourth-order valence-electron chi connectivity index (χ4n) is 1.81. The van der Waals surface area contributed by atoms with Crippen molar-refractivity contribution in [3.05, 3.63) is 27.9 Å². The van der Waals surface area contributed by atoms with E-state index in [0.717, 1.165) is 6.07 Å². The largest absolute Gasteiger partial charge is 0.477 e. The molecule has 0 aromatic carbocycles. The Balaban J connectivity index is 2.42. The lowest BCUT2D eigenvalue weighted by molar-refractivity contribution is -0.384. The van der Waals surface area contributed by atoms with Crippen LogP contribution in [-0.2, 0) is 0 Å². The number of carboxylic acid groups (broad SMARTS) is 1. The Bertz CT molecular complexity index is 485. The van der Waals surface area contributed by atoms with E-state index in [1.54, 1.807) is 4.90 Å². The van der Waals surface area contributed by atoms with Crippen molar-refractivity contribution >= 4 is 17.5 Å². The zero-order valence-electron chi connectivity index (χ0n) is 9.50. The normalized spacial score (nSPS) is 15.4.